The van der Waals surface area contributed by atoms with Crippen LogP contribution in [0.5, 0.6) is 0 Å². The summed E-state index contributed by atoms with van der Waals surface area (Å²) in [7, 11) is 0. The molecule has 70 valence electrons. The van der Waals surface area contributed by atoms with Gasteiger partial charge in [-0.15, -0.1) is 0 Å². The summed E-state index contributed by atoms with van der Waals surface area (Å²) in [6.45, 7) is 7.16. The summed E-state index contributed by atoms with van der Waals surface area (Å²) in [5.41, 5.74) is -0.322. The minimum Gasteiger partial charge on any atom is -0.272 e. The Labute approximate surface area is 73.6 Å². The first-order chi connectivity index (χ1) is 5.52. The molecule has 1 aliphatic rings. The van der Waals surface area contributed by atoms with Crippen LogP contribution in [0.1, 0.15) is 33.6 Å². The van der Waals surface area contributed by atoms with Crippen LogP contribution < -0.4 is 0 Å². The molecule has 1 aliphatic heterocycles. The van der Waals surface area contributed by atoms with E-state index in [2.05, 4.69) is 0 Å². The Hall–Kier alpha value is -0.570. The zero-order valence-corrected chi connectivity index (χ0v) is 8.09. The van der Waals surface area contributed by atoms with E-state index < -0.39 is 0 Å². The number of amides is 1. The molecule has 0 aromatic heterocycles. The van der Waals surface area contributed by atoms with E-state index in [0.29, 0.717) is 6.61 Å². The summed E-state index contributed by atoms with van der Waals surface area (Å²) in [5.74, 6) is 0.0854. The van der Waals surface area contributed by atoms with Crippen molar-refractivity contribution in [1.29, 1.82) is 0 Å². The van der Waals surface area contributed by atoms with Crippen molar-refractivity contribution in [3.05, 3.63) is 0 Å². The lowest BCUT2D eigenvalue weighted by molar-refractivity contribution is -0.205. The van der Waals surface area contributed by atoms with E-state index in [0.717, 1.165) is 19.4 Å². The SMILES string of the molecule is CC(C)(C)C(=O)N1CCCCO1. The van der Waals surface area contributed by atoms with Gasteiger partial charge in [-0.2, -0.15) is 0 Å². The highest BCUT2D eigenvalue weighted by molar-refractivity contribution is 5.80. The monoisotopic (exact) mass is 171 g/mol. The first-order valence-electron chi connectivity index (χ1n) is 4.47. The molecular formula is C9H17NO2. The number of hydrogen-bond acceptors (Lipinski definition) is 2. The number of hydrogen-bond donors (Lipinski definition) is 0. The van der Waals surface area contributed by atoms with Crippen LogP contribution in [0.25, 0.3) is 0 Å². The van der Waals surface area contributed by atoms with Crippen molar-refractivity contribution in [2.45, 2.75) is 33.6 Å². The van der Waals surface area contributed by atoms with Crippen molar-refractivity contribution < 1.29 is 9.63 Å². The van der Waals surface area contributed by atoms with Crippen LogP contribution in [-0.4, -0.2) is 24.1 Å². The molecule has 1 rings (SSSR count). The molecule has 0 bridgehead atoms. The molecule has 0 aromatic carbocycles. The lowest BCUT2D eigenvalue weighted by Gasteiger charge is -2.31. The van der Waals surface area contributed by atoms with Gasteiger partial charge in [-0.05, 0) is 12.8 Å². The van der Waals surface area contributed by atoms with Crippen molar-refractivity contribution in [3.63, 3.8) is 0 Å². The maximum absolute atomic E-state index is 11.6. The third kappa shape index (κ3) is 2.21. The highest BCUT2D eigenvalue weighted by atomic mass is 16.7. The minimum absolute atomic E-state index is 0.0854. The fraction of sp³-hybridized carbons (Fsp3) is 0.889. The smallest absolute Gasteiger partial charge is 0.251 e. The first-order valence-corrected chi connectivity index (χ1v) is 4.47. The van der Waals surface area contributed by atoms with Crippen LogP contribution in [0, 0.1) is 5.41 Å². The average Bonchev–Trinajstić information content (AvgIpc) is 2.03. The van der Waals surface area contributed by atoms with Gasteiger partial charge in [-0.25, -0.2) is 5.06 Å². The molecule has 0 radical (unpaired) electrons. The molecule has 0 unspecified atom stereocenters. The highest BCUT2D eigenvalue weighted by Crippen LogP contribution is 2.19. The van der Waals surface area contributed by atoms with Gasteiger partial charge in [-0.1, -0.05) is 20.8 Å². The topological polar surface area (TPSA) is 29.5 Å². The molecule has 3 nitrogen and oxygen atoms in total. The van der Waals surface area contributed by atoms with E-state index in [1.54, 1.807) is 0 Å². The summed E-state index contributed by atoms with van der Waals surface area (Å²) >= 11 is 0. The van der Waals surface area contributed by atoms with Crippen molar-refractivity contribution in [1.82, 2.24) is 5.06 Å². The van der Waals surface area contributed by atoms with Crippen molar-refractivity contribution in [2.75, 3.05) is 13.2 Å². The summed E-state index contributed by atoms with van der Waals surface area (Å²) in [6.07, 6.45) is 2.12. The van der Waals surface area contributed by atoms with E-state index in [1.165, 1.54) is 5.06 Å². The third-order valence-corrected chi connectivity index (χ3v) is 1.87. The van der Waals surface area contributed by atoms with Crippen molar-refractivity contribution in [3.8, 4) is 0 Å². The summed E-state index contributed by atoms with van der Waals surface area (Å²) < 4.78 is 0. The molecule has 1 fully saturated rings. The van der Waals surface area contributed by atoms with Crippen LogP contribution in [-0.2, 0) is 9.63 Å². The van der Waals surface area contributed by atoms with Gasteiger partial charge < -0.3 is 0 Å². The molecule has 12 heavy (non-hydrogen) atoms. The Balaban J connectivity index is 2.51. The zero-order chi connectivity index (χ0) is 9.19. The van der Waals surface area contributed by atoms with Crippen LogP contribution in [0.2, 0.25) is 0 Å². The van der Waals surface area contributed by atoms with E-state index in [-0.39, 0.29) is 11.3 Å². The van der Waals surface area contributed by atoms with Gasteiger partial charge in [0.1, 0.15) is 0 Å². The lowest BCUT2D eigenvalue weighted by Crippen LogP contribution is -2.42. The molecular weight excluding hydrogens is 154 g/mol. The third-order valence-electron chi connectivity index (χ3n) is 1.87. The Kier molecular flexibility index (Phi) is 2.73. The van der Waals surface area contributed by atoms with Crippen molar-refractivity contribution >= 4 is 5.91 Å². The molecule has 0 aliphatic carbocycles. The Bertz CT molecular complexity index is 166. The largest absolute Gasteiger partial charge is 0.272 e. The maximum atomic E-state index is 11.6. The van der Waals surface area contributed by atoms with Crippen molar-refractivity contribution in [2.24, 2.45) is 5.41 Å². The van der Waals surface area contributed by atoms with Crippen LogP contribution in [0.3, 0.4) is 0 Å². The summed E-state index contributed by atoms with van der Waals surface area (Å²) in [6, 6.07) is 0. The van der Waals surface area contributed by atoms with Gasteiger partial charge >= 0.3 is 0 Å². The summed E-state index contributed by atoms with van der Waals surface area (Å²) in [4.78, 5) is 16.9. The van der Waals surface area contributed by atoms with E-state index in [1.807, 2.05) is 20.8 Å². The fourth-order valence-corrected chi connectivity index (χ4v) is 1.13. The maximum Gasteiger partial charge on any atom is 0.251 e. The molecule has 1 amide bonds. The standard InChI is InChI=1S/C9H17NO2/c1-9(2,3)8(11)10-6-4-5-7-12-10/h4-7H2,1-3H3. The molecule has 0 atom stereocenters. The second-order valence-corrected chi connectivity index (χ2v) is 4.20. The van der Waals surface area contributed by atoms with Crippen LogP contribution in [0.15, 0.2) is 0 Å². The van der Waals surface area contributed by atoms with Gasteiger partial charge in [0.2, 0.25) is 0 Å². The van der Waals surface area contributed by atoms with E-state index in [9.17, 15) is 4.79 Å². The van der Waals surface area contributed by atoms with Gasteiger partial charge in [-0.3, -0.25) is 9.63 Å². The van der Waals surface area contributed by atoms with Gasteiger partial charge in [0.05, 0.1) is 6.61 Å². The van der Waals surface area contributed by atoms with Gasteiger partial charge in [0.25, 0.3) is 5.91 Å². The second-order valence-electron chi connectivity index (χ2n) is 4.20. The Morgan fingerprint density at radius 2 is 2.00 bits per heavy atom. The Morgan fingerprint density at radius 1 is 1.33 bits per heavy atom. The average molecular weight is 171 g/mol. The Morgan fingerprint density at radius 3 is 2.42 bits per heavy atom. The zero-order valence-electron chi connectivity index (χ0n) is 8.09. The molecule has 0 N–H and O–H groups in total. The van der Waals surface area contributed by atoms with Crippen LogP contribution in [0.4, 0.5) is 0 Å². The second kappa shape index (κ2) is 3.44. The van der Waals surface area contributed by atoms with E-state index >= 15 is 0 Å². The molecule has 3 heteroatoms. The molecule has 1 saturated heterocycles. The number of nitrogens with zero attached hydrogens (tertiary/aromatic N) is 1. The van der Waals surface area contributed by atoms with Gasteiger partial charge in [0, 0.05) is 12.0 Å². The number of carbonyl (C=O) groups is 1. The molecule has 0 spiro atoms. The quantitative estimate of drug-likeness (QED) is 0.554. The molecule has 1 heterocycles. The minimum atomic E-state index is -0.322. The predicted octanol–water partition coefficient (Wildman–Crippen LogP) is 1.59. The predicted molar refractivity (Wildman–Crippen MR) is 46.4 cm³/mol. The number of rotatable bonds is 0. The highest BCUT2D eigenvalue weighted by Gasteiger charge is 2.28. The van der Waals surface area contributed by atoms with Crippen LogP contribution >= 0.6 is 0 Å². The lowest BCUT2D eigenvalue weighted by atomic mass is 9.95. The number of carbonyl (C=O) groups excluding carboxylic acids is 1. The number of hydroxylamine groups is 2. The fourth-order valence-electron chi connectivity index (χ4n) is 1.13. The first kappa shape index (κ1) is 9.52. The molecule has 0 aromatic rings. The molecule has 0 saturated carbocycles. The van der Waals surface area contributed by atoms with Gasteiger partial charge in [0.15, 0.2) is 0 Å². The normalized spacial score (nSPS) is 19.4. The van der Waals surface area contributed by atoms with E-state index in [4.69, 9.17) is 4.84 Å². The summed E-state index contributed by atoms with van der Waals surface area (Å²) in [5, 5.41) is 1.50.